The van der Waals surface area contributed by atoms with Gasteiger partial charge in [-0.15, -0.1) is 0 Å². The molecule has 2 amide bonds. The minimum absolute atomic E-state index is 0.0181. The number of nitrogens with one attached hydrogen (secondary N) is 2. The van der Waals surface area contributed by atoms with E-state index in [1.165, 1.54) is 31.5 Å². The lowest BCUT2D eigenvalue weighted by atomic mass is 10.1. The topological polar surface area (TPSA) is 157 Å². The van der Waals surface area contributed by atoms with Gasteiger partial charge in [-0.3, -0.25) is 14.6 Å². The van der Waals surface area contributed by atoms with Crippen LogP contribution in [0.2, 0.25) is 0 Å². The number of hydrogen-bond acceptors (Lipinski definition) is 8. The molecule has 3 aromatic rings. The van der Waals surface area contributed by atoms with Crippen LogP contribution in [0.25, 0.3) is 11.0 Å². The molecule has 3 rings (SSSR count). The Bertz CT molecular complexity index is 1440. The number of aromatic hydroxyl groups is 1. The number of carbonyl (C=O) groups is 2. The van der Waals surface area contributed by atoms with Gasteiger partial charge in [0.05, 0.1) is 17.5 Å². The number of benzene rings is 1. The lowest BCUT2D eigenvalue weighted by Crippen LogP contribution is -2.36. The van der Waals surface area contributed by atoms with E-state index in [0.717, 1.165) is 23.0 Å². The number of methoxy groups -OCH3 is 1. The maximum atomic E-state index is 13.5. The molecule has 1 aromatic carbocycles. The van der Waals surface area contributed by atoms with E-state index in [2.05, 4.69) is 20.4 Å². The molecule has 180 valence electrons. The van der Waals surface area contributed by atoms with Crippen LogP contribution in [0.1, 0.15) is 15.9 Å². The fourth-order valence-electron chi connectivity index (χ4n) is 3.31. The number of pyridine rings is 2. The van der Waals surface area contributed by atoms with Gasteiger partial charge in [0.15, 0.2) is 15.6 Å². The molecule has 0 saturated carbocycles. The second-order valence-electron chi connectivity index (χ2n) is 7.18. The number of hydrogen-bond donors (Lipinski definition) is 3. The molecule has 11 nitrogen and oxygen atoms in total. The first-order chi connectivity index (χ1) is 16.0. The number of fused-ring (bicyclic) bond motifs is 1. The summed E-state index contributed by atoms with van der Waals surface area (Å²) in [6, 6.07) is 6.11. The maximum absolute atomic E-state index is 13.5. The first-order valence-corrected chi connectivity index (χ1v) is 11.7. The highest BCUT2D eigenvalue weighted by Crippen LogP contribution is 2.24. The van der Waals surface area contributed by atoms with Crippen LogP contribution in [-0.2, 0) is 27.7 Å². The van der Waals surface area contributed by atoms with E-state index in [9.17, 15) is 32.3 Å². The Hall–Kier alpha value is -4.00. The summed E-state index contributed by atoms with van der Waals surface area (Å²) < 4.78 is 43.1. The van der Waals surface area contributed by atoms with E-state index < -0.39 is 44.5 Å². The van der Waals surface area contributed by atoms with E-state index in [1.54, 1.807) is 0 Å². The predicted octanol–water partition coefficient (Wildman–Crippen LogP) is 0.931. The van der Waals surface area contributed by atoms with Gasteiger partial charge < -0.3 is 25.0 Å². The molecule has 0 saturated heterocycles. The molecule has 0 radical (unpaired) electrons. The van der Waals surface area contributed by atoms with E-state index in [4.69, 9.17) is 0 Å². The van der Waals surface area contributed by atoms with Gasteiger partial charge in [-0.05, 0) is 29.8 Å². The van der Waals surface area contributed by atoms with Crippen molar-refractivity contribution in [2.45, 2.75) is 18.0 Å². The monoisotopic (exact) mass is 492 g/mol. The fraction of sp³-hybridized carbons (Fsp3) is 0.238. The van der Waals surface area contributed by atoms with Crippen molar-refractivity contribution in [2.75, 3.05) is 19.9 Å². The van der Waals surface area contributed by atoms with E-state index in [0.29, 0.717) is 0 Å². The number of halogens is 1. The standard InChI is InChI=1S/C21H21FN4O7S/c1-33-21(30)24-8-9-26-14-4-3-7-23-17(14)18(27)16(20(26)29)19(28)25-11-12-5-6-13(22)10-15(12)34(2,31)32/h3-7,10,27H,8-9,11H2,1-2H3,(H,24,30)(H,25,28). The lowest BCUT2D eigenvalue weighted by molar-refractivity contribution is 0.0945. The third-order valence-electron chi connectivity index (χ3n) is 4.88. The summed E-state index contributed by atoms with van der Waals surface area (Å²) >= 11 is 0. The van der Waals surface area contributed by atoms with Crippen LogP contribution in [-0.4, -0.2) is 55.0 Å². The van der Waals surface area contributed by atoms with Crippen LogP contribution in [0, 0.1) is 5.82 Å². The minimum Gasteiger partial charge on any atom is -0.505 e. The molecular formula is C21H21FN4O7S. The zero-order valence-electron chi connectivity index (χ0n) is 18.2. The van der Waals surface area contributed by atoms with Gasteiger partial charge in [0, 0.05) is 32.1 Å². The van der Waals surface area contributed by atoms with E-state index >= 15 is 0 Å². The van der Waals surface area contributed by atoms with Gasteiger partial charge in [0.1, 0.15) is 16.9 Å². The third-order valence-corrected chi connectivity index (χ3v) is 6.06. The highest BCUT2D eigenvalue weighted by atomic mass is 32.2. The molecular weight excluding hydrogens is 471 g/mol. The Balaban J connectivity index is 1.98. The molecule has 2 heterocycles. The highest BCUT2D eigenvalue weighted by molar-refractivity contribution is 7.90. The SMILES string of the molecule is COC(=O)NCCn1c(=O)c(C(=O)NCc2ccc(F)cc2S(C)(=O)=O)c(O)c2ncccc21. The number of carbonyl (C=O) groups excluding carboxylic acids is 2. The average Bonchev–Trinajstić information content (AvgIpc) is 2.79. The quantitative estimate of drug-likeness (QED) is 0.440. The Kier molecular flexibility index (Phi) is 7.15. The maximum Gasteiger partial charge on any atom is 0.406 e. The molecule has 0 atom stereocenters. The average molecular weight is 492 g/mol. The Morgan fingerprint density at radius 3 is 2.65 bits per heavy atom. The van der Waals surface area contributed by atoms with Crippen molar-refractivity contribution in [3.05, 3.63) is 63.8 Å². The number of aromatic nitrogens is 2. The van der Waals surface area contributed by atoms with Crippen LogP contribution in [0.3, 0.4) is 0 Å². The van der Waals surface area contributed by atoms with Gasteiger partial charge in [0.25, 0.3) is 11.5 Å². The summed E-state index contributed by atoms with van der Waals surface area (Å²) in [6.07, 6.45) is 1.55. The summed E-state index contributed by atoms with van der Waals surface area (Å²) in [5, 5.41) is 15.4. The largest absolute Gasteiger partial charge is 0.505 e. The van der Waals surface area contributed by atoms with Crippen molar-refractivity contribution in [2.24, 2.45) is 0 Å². The number of alkyl carbamates (subject to hydrolysis) is 1. The summed E-state index contributed by atoms with van der Waals surface area (Å²) in [4.78, 5) is 41.0. The number of amides is 2. The second kappa shape index (κ2) is 9.87. The normalized spacial score (nSPS) is 11.3. The molecule has 0 spiro atoms. The van der Waals surface area contributed by atoms with Gasteiger partial charge >= 0.3 is 6.09 Å². The number of rotatable bonds is 7. The summed E-state index contributed by atoms with van der Waals surface area (Å²) in [5.41, 5.74) is -1.18. The Labute approximate surface area is 193 Å². The van der Waals surface area contributed by atoms with Gasteiger partial charge in [-0.25, -0.2) is 17.6 Å². The number of nitrogens with zero attached hydrogens (tertiary/aromatic N) is 2. The minimum atomic E-state index is -3.80. The summed E-state index contributed by atoms with van der Waals surface area (Å²) in [5.74, 6) is -2.41. The van der Waals surface area contributed by atoms with Crippen molar-refractivity contribution < 1.29 is 32.2 Å². The van der Waals surface area contributed by atoms with Crippen LogP contribution in [0.4, 0.5) is 9.18 Å². The van der Waals surface area contributed by atoms with Crippen LogP contribution in [0.15, 0.2) is 46.2 Å². The number of sulfone groups is 1. The van der Waals surface area contributed by atoms with Gasteiger partial charge in [-0.2, -0.15) is 0 Å². The molecule has 13 heteroatoms. The van der Waals surface area contributed by atoms with E-state index in [1.807, 2.05) is 0 Å². The molecule has 34 heavy (non-hydrogen) atoms. The number of ether oxygens (including phenoxy) is 1. The molecule has 2 aromatic heterocycles. The predicted molar refractivity (Wildman–Crippen MR) is 119 cm³/mol. The van der Waals surface area contributed by atoms with Crippen LogP contribution in [0.5, 0.6) is 5.75 Å². The molecule has 0 fully saturated rings. The van der Waals surface area contributed by atoms with Crippen molar-refractivity contribution >= 4 is 32.9 Å². The van der Waals surface area contributed by atoms with Gasteiger partial charge in [-0.1, -0.05) is 6.07 Å². The smallest absolute Gasteiger partial charge is 0.406 e. The zero-order valence-corrected chi connectivity index (χ0v) is 19.0. The Morgan fingerprint density at radius 2 is 1.97 bits per heavy atom. The van der Waals surface area contributed by atoms with Crippen molar-refractivity contribution in [3.63, 3.8) is 0 Å². The van der Waals surface area contributed by atoms with Crippen molar-refractivity contribution in [1.29, 1.82) is 0 Å². The second-order valence-corrected chi connectivity index (χ2v) is 9.16. The Morgan fingerprint density at radius 1 is 1.24 bits per heavy atom. The lowest BCUT2D eigenvalue weighted by Gasteiger charge is -2.15. The van der Waals surface area contributed by atoms with Gasteiger partial charge in [0.2, 0.25) is 0 Å². The van der Waals surface area contributed by atoms with E-state index in [-0.39, 0.29) is 41.1 Å². The first-order valence-electron chi connectivity index (χ1n) is 9.83. The summed E-state index contributed by atoms with van der Waals surface area (Å²) in [6.45, 7) is -0.437. The molecule has 0 bridgehead atoms. The third kappa shape index (κ3) is 5.14. The molecule has 0 aliphatic carbocycles. The van der Waals surface area contributed by atoms with Crippen LogP contribution >= 0.6 is 0 Å². The summed E-state index contributed by atoms with van der Waals surface area (Å²) in [7, 11) is -2.62. The van der Waals surface area contributed by atoms with Crippen molar-refractivity contribution in [3.8, 4) is 5.75 Å². The first kappa shape index (κ1) is 24.6. The van der Waals surface area contributed by atoms with Crippen molar-refractivity contribution in [1.82, 2.24) is 20.2 Å². The molecule has 0 aliphatic rings. The molecule has 3 N–H and O–H groups in total. The molecule has 0 unspecified atom stereocenters. The molecule has 0 aliphatic heterocycles. The van der Waals surface area contributed by atoms with Crippen LogP contribution < -0.4 is 16.2 Å². The zero-order chi connectivity index (χ0) is 25.0. The fourth-order valence-corrected chi connectivity index (χ4v) is 4.26. The highest BCUT2D eigenvalue weighted by Gasteiger charge is 2.24.